The van der Waals surface area contributed by atoms with Gasteiger partial charge in [0.2, 0.25) is 0 Å². The fourth-order valence-electron chi connectivity index (χ4n) is 3.87. The lowest BCUT2D eigenvalue weighted by atomic mass is 10.1. The van der Waals surface area contributed by atoms with Crippen molar-refractivity contribution < 1.29 is 19.2 Å². The molecule has 2 N–H and O–H groups in total. The van der Waals surface area contributed by atoms with Crippen molar-refractivity contribution in [2.75, 3.05) is 67.7 Å². The summed E-state index contributed by atoms with van der Waals surface area (Å²) in [4.78, 5) is 27.9. The molecule has 180 valence electrons. The number of nitrogens with one attached hydrogen (secondary N) is 2. The number of carbonyl (C=O) groups is 1. The first kappa shape index (κ1) is 24.1. The maximum atomic E-state index is 12.7. The van der Waals surface area contributed by atoms with Crippen LogP contribution < -0.4 is 20.4 Å². The largest absolute Gasteiger partial charge is 0.378 e. The Hall–Kier alpha value is -2.99. The molecule has 0 unspecified atom stereocenters. The molecular formula is C22H24ClN5O5S. The number of morpholine rings is 2. The van der Waals surface area contributed by atoms with E-state index in [1.807, 2.05) is 17.0 Å². The number of halogens is 1. The molecule has 2 aromatic rings. The van der Waals surface area contributed by atoms with E-state index in [4.69, 9.17) is 33.3 Å². The molecule has 0 radical (unpaired) electrons. The van der Waals surface area contributed by atoms with E-state index in [2.05, 4.69) is 15.5 Å². The second-order valence-electron chi connectivity index (χ2n) is 7.73. The van der Waals surface area contributed by atoms with Crippen LogP contribution in [0.15, 0.2) is 36.4 Å². The van der Waals surface area contributed by atoms with Gasteiger partial charge in [-0.1, -0.05) is 11.6 Å². The van der Waals surface area contributed by atoms with Gasteiger partial charge in [-0.05, 0) is 42.5 Å². The lowest BCUT2D eigenvalue weighted by Gasteiger charge is -2.29. The van der Waals surface area contributed by atoms with Gasteiger partial charge >= 0.3 is 0 Å². The van der Waals surface area contributed by atoms with E-state index in [1.54, 1.807) is 18.2 Å². The molecule has 4 rings (SSSR count). The Morgan fingerprint density at radius 2 is 1.56 bits per heavy atom. The minimum Gasteiger partial charge on any atom is -0.378 e. The smallest absolute Gasteiger partial charge is 0.293 e. The number of nitrogens with zero attached hydrogens (tertiary/aromatic N) is 3. The fourth-order valence-corrected chi connectivity index (χ4v) is 4.38. The van der Waals surface area contributed by atoms with Crippen LogP contribution in [0.4, 0.5) is 22.7 Å². The first-order valence-corrected chi connectivity index (χ1v) is 11.6. The van der Waals surface area contributed by atoms with Gasteiger partial charge in [0, 0.05) is 43.5 Å². The molecule has 2 fully saturated rings. The summed E-state index contributed by atoms with van der Waals surface area (Å²) < 4.78 is 10.7. The van der Waals surface area contributed by atoms with E-state index in [9.17, 15) is 14.9 Å². The van der Waals surface area contributed by atoms with Crippen LogP contribution in [0.25, 0.3) is 0 Å². The Morgan fingerprint density at radius 3 is 2.15 bits per heavy atom. The summed E-state index contributed by atoms with van der Waals surface area (Å²) in [6.07, 6.45) is 0. The van der Waals surface area contributed by atoms with Crippen molar-refractivity contribution in [3.8, 4) is 0 Å². The predicted octanol–water partition coefficient (Wildman–Crippen LogP) is 3.05. The van der Waals surface area contributed by atoms with Crippen molar-refractivity contribution in [1.82, 2.24) is 5.32 Å². The van der Waals surface area contributed by atoms with E-state index in [1.165, 1.54) is 6.07 Å². The Morgan fingerprint density at radius 1 is 0.971 bits per heavy atom. The average Bonchev–Trinajstić information content (AvgIpc) is 2.84. The van der Waals surface area contributed by atoms with Crippen LogP contribution in [0.2, 0.25) is 5.02 Å². The maximum absolute atomic E-state index is 12.7. The SMILES string of the molecule is O=C(NC(=S)Nc1ccc(N2CCOCC2)c(Cl)c1)c1ccc(N2CCOCC2)c([N+](=O)[O-])c1. The van der Waals surface area contributed by atoms with Crippen LogP contribution in [0.5, 0.6) is 0 Å². The molecule has 12 heteroatoms. The third-order valence-corrected chi connectivity index (χ3v) is 6.08. The van der Waals surface area contributed by atoms with E-state index < -0.39 is 10.8 Å². The van der Waals surface area contributed by atoms with Crippen LogP contribution in [0.3, 0.4) is 0 Å². The highest BCUT2D eigenvalue weighted by molar-refractivity contribution is 7.80. The second-order valence-corrected chi connectivity index (χ2v) is 8.55. The third-order valence-electron chi connectivity index (χ3n) is 5.57. The van der Waals surface area contributed by atoms with Crippen LogP contribution in [-0.4, -0.2) is 68.5 Å². The molecule has 2 aromatic carbocycles. The van der Waals surface area contributed by atoms with Gasteiger partial charge < -0.3 is 24.6 Å². The van der Waals surface area contributed by atoms with Gasteiger partial charge in [0.25, 0.3) is 11.6 Å². The summed E-state index contributed by atoms with van der Waals surface area (Å²) in [5.41, 5.74) is 1.96. The highest BCUT2D eigenvalue weighted by atomic mass is 35.5. The first-order chi connectivity index (χ1) is 16.4. The Balaban J connectivity index is 1.41. The molecule has 0 aromatic heterocycles. The van der Waals surface area contributed by atoms with Gasteiger partial charge in [-0.3, -0.25) is 20.2 Å². The van der Waals surface area contributed by atoms with Gasteiger partial charge in [0.15, 0.2) is 5.11 Å². The van der Waals surface area contributed by atoms with Crippen molar-refractivity contribution in [2.24, 2.45) is 0 Å². The topological polar surface area (TPSA) is 109 Å². The molecule has 2 heterocycles. The van der Waals surface area contributed by atoms with Gasteiger partial charge in [-0.25, -0.2) is 0 Å². The standard InChI is InChI=1S/C22H24ClN5O5S/c23-17-14-16(2-4-18(17)26-5-9-32-10-6-26)24-22(34)25-21(29)15-1-3-19(20(13-15)28(30)31)27-7-11-33-12-8-27/h1-4,13-14H,5-12H2,(H2,24,25,29,34). The number of benzene rings is 2. The second kappa shape index (κ2) is 11.0. The Kier molecular flexibility index (Phi) is 7.78. The quantitative estimate of drug-likeness (QED) is 0.360. The lowest BCUT2D eigenvalue weighted by molar-refractivity contribution is -0.384. The number of hydrogen-bond acceptors (Lipinski definition) is 8. The van der Waals surface area contributed by atoms with Crippen molar-refractivity contribution >= 4 is 57.6 Å². The summed E-state index contributed by atoms with van der Waals surface area (Å²) in [5.74, 6) is -0.551. The van der Waals surface area contributed by atoms with Crippen LogP contribution in [0, 0.1) is 10.1 Å². The fraction of sp³-hybridized carbons (Fsp3) is 0.364. The molecule has 34 heavy (non-hydrogen) atoms. The average molecular weight is 506 g/mol. The zero-order valence-electron chi connectivity index (χ0n) is 18.3. The Labute approximate surface area is 206 Å². The summed E-state index contributed by atoms with van der Waals surface area (Å²) in [7, 11) is 0. The minimum atomic E-state index is -0.551. The molecule has 1 amide bonds. The normalized spacial score (nSPS) is 16.1. The molecule has 2 aliphatic heterocycles. The van der Waals surface area contributed by atoms with Gasteiger partial charge in [0.1, 0.15) is 5.69 Å². The molecule has 0 aliphatic carbocycles. The van der Waals surface area contributed by atoms with Crippen molar-refractivity contribution in [3.05, 3.63) is 57.1 Å². The molecular weight excluding hydrogens is 482 g/mol. The summed E-state index contributed by atoms with van der Waals surface area (Å²) in [6.45, 7) is 4.92. The van der Waals surface area contributed by atoms with Gasteiger partial charge in [-0.2, -0.15) is 0 Å². The summed E-state index contributed by atoms with van der Waals surface area (Å²) in [5, 5.41) is 17.7. The highest BCUT2D eigenvalue weighted by Crippen LogP contribution is 2.31. The molecule has 0 saturated carbocycles. The maximum Gasteiger partial charge on any atom is 0.293 e. The molecule has 2 saturated heterocycles. The molecule has 10 nitrogen and oxygen atoms in total. The number of nitro benzene ring substituents is 1. The number of rotatable bonds is 5. The first-order valence-electron chi connectivity index (χ1n) is 10.8. The number of hydrogen-bond donors (Lipinski definition) is 2. The summed E-state index contributed by atoms with van der Waals surface area (Å²) in [6, 6.07) is 9.82. The number of thiocarbonyl (C=S) groups is 1. The van der Waals surface area contributed by atoms with E-state index in [0.717, 1.165) is 18.8 Å². The van der Waals surface area contributed by atoms with Gasteiger partial charge in [-0.15, -0.1) is 0 Å². The number of amides is 1. The van der Waals surface area contributed by atoms with Crippen LogP contribution in [-0.2, 0) is 9.47 Å². The predicted molar refractivity (Wildman–Crippen MR) is 134 cm³/mol. The minimum absolute atomic E-state index is 0.0556. The van der Waals surface area contributed by atoms with E-state index >= 15 is 0 Å². The zero-order chi connectivity index (χ0) is 24.1. The summed E-state index contributed by atoms with van der Waals surface area (Å²) >= 11 is 11.7. The van der Waals surface area contributed by atoms with Crippen LogP contribution in [0.1, 0.15) is 10.4 Å². The lowest BCUT2D eigenvalue weighted by Crippen LogP contribution is -2.37. The third kappa shape index (κ3) is 5.73. The molecule has 0 atom stereocenters. The Bertz CT molecular complexity index is 1090. The monoisotopic (exact) mass is 505 g/mol. The van der Waals surface area contributed by atoms with E-state index in [-0.39, 0.29) is 16.4 Å². The molecule has 0 bridgehead atoms. The highest BCUT2D eigenvalue weighted by Gasteiger charge is 2.23. The van der Waals surface area contributed by atoms with Crippen molar-refractivity contribution in [1.29, 1.82) is 0 Å². The van der Waals surface area contributed by atoms with Crippen molar-refractivity contribution in [2.45, 2.75) is 0 Å². The van der Waals surface area contributed by atoms with Gasteiger partial charge in [0.05, 0.1) is 42.1 Å². The number of carbonyl (C=O) groups excluding carboxylic acids is 1. The van der Waals surface area contributed by atoms with E-state index in [0.29, 0.717) is 55.9 Å². The van der Waals surface area contributed by atoms with Crippen molar-refractivity contribution in [3.63, 3.8) is 0 Å². The number of ether oxygens (including phenoxy) is 2. The number of nitro groups is 1. The molecule has 0 spiro atoms. The van der Waals surface area contributed by atoms with Crippen LogP contribution >= 0.6 is 23.8 Å². The number of anilines is 3. The zero-order valence-corrected chi connectivity index (χ0v) is 19.9. The molecule has 2 aliphatic rings.